The van der Waals surface area contributed by atoms with Crippen molar-refractivity contribution < 1.29 is 9.72 Å². The molecule has 1 unspecified atom stereocenters. The number of benzene rings is 1. The molecular formula is C17H19N3O3S. The summed E-state index contributed by atoms with van der Waals surface area (Å²) in [6.07, 6.45) is 0. The van der Waals surface area contributed by atoms with Crippen LogP contribution in [-0.4, -0.2) is 47.3 Å². The summed E-state index contributed by atoms with van der Waals surface area (Å²) >= 11 is 1.20. The summed E-state index contributed by atoms with van der Waals surface area (Å²) in [5.74, 6) is -0.127. The van der Waals surface area contributed by atoms with E-state index in [4.69, 9.17) is 0 Å². The number of aryl methyl sites for hydroxylation is 1. The minimum absolute atomic E-state index is 0.0220. The maximum Gasteiger partial charge on any atom is 0.283 e. The molecule has 1 atom stereocenters. The third-order valence-corrected chi connectivity index (χ3v) is 5.36. The molecule has 0 N–H and O–H groups in total. The number of thiophene rings is 1. The number of carbonyl (C=O) groups excluding carboxylic acids is 1. The minimum atomic E-state index is -0.429. The third-order valence-electron chi connectivity index (χ3n) is 4.33. The highest BCUT2D eigenvalue weighted by Crippen LogP contribution is 2.32. The van der Waals surface area contributed by atoms with Gasteiger partial charge in [-0.25, -0.2) is 0 Å². The van der Waals surface area contributed by atoms with Gasteiger partial charge in [-0.05, 0) is 19.5 Å². The van der Waals surface area contributed by atoms with Crippen LogP contribution in [-0.2, 0) is 0 Å². The Hall–Kier alpha value is -2.25. The van der Waals surface area contributed by atoms with Crippen molar-refractivity contribution in [1.29, 1.82) is 0 Å². The first-order valence-electron chi connectivity index (χ1n) is 7.76. The molecule has 0 aliphatic carbocycles. The Balaban J connectivity index is 1.92. The summed E-state index contributed by atoms with van der Waals surface area (Å²) < 4.78 is 0. The number of rotatable bonds is 3. The Kier molecular flexibility index (Phi) is 4.64. The van der Waals surface area contributed by atoms with E-state index in [0.29, 0.717) is 16.3 Å². The number of amides is 1. The summed E-state index contributed by atoms with van der Waals surface area (Å²) in [7, 11) is 2.04. The molecule has 3 rings (SSSR count). The zero-order chi connectivity index (χ0) is 17.3. The van der Waals surface area contributed by atoms with Crippen LogP contribution < -0.4 is 0 Å². The van der Waals surface area contributed by atoms with E-state index < -0.39 is 4.92 Å². The fourth-order valence-corrected chi connectivity index (χ4v) is 3.97. The summed E-state index contributed by atoms with van der Waals surface area (Å²) in [5, 5.41) is 11.0. The van der Waals surface area contributed by atoms with Crippen LogP contribution in [0.15, 0.2) is 36.4 Å². The molecule has 1 amide bonds. The lowest BCUT2D eigenvalue weighted by molar-refractivity contribution is -0.385. The Labute approximate surface area is 144 Å². The van der Waals surface area contributed by atoms with Crippen molar-refractivity contribution >= 4 is 22.9 Å². The lowest BCUT2D eigenvalue weighted by atomic mass is 10.0. The zero-order valence-corrected chi connectivity index (χ0v) is 14.5. The molecule has 1 aliphatic rings. The van der Waals surface area contributed by atoms with Crippen LogP contribution in [0.5, 0.6) is 0 Å². The Morgan fingerprint density at radius 2 is 2.00 bits per heavy atom. The fourth-order valence-electron chi connectivity index (χ4n) is 3.02. The fraction of sp³-hybridized carbons (Fsp3) is 0.353. The molecular weight excluding hydrogens is 326 g/mol. The number of hydrogen-bond acceptors (Lipinski definition) is 5. The number of piperazine rings is 1. The third kappa shape index (κ3) is 3.18. The Morgan fingerprint density at radius 1 is 1.29 bits per heavy atom. The maximum absolute atomic E-state index is 13.0. The molecule has 0 spiro atoms. The number of nitro groups is 1. The average molecular weight is 345 g/mol. The van der Waals surface area contributed by atoms with Crippen molar-refractivity contribution in [1.82, 2.24) is 9.80 Å². The van der Waals surface area contributed by atoms with Crippen molar-refractivity contribution in [2.45, 2.75) is 13.0 Å². The second kappa shape index (κ2) is 6.70. The number of hydrogen-bond donors (Lipinski definition) is 0. The van der Waals surface area contributed by atoms with Crippen LogP contribution >= 0.6 is 11.3 Å². The van der Waals surface area contributed by atoms with Gasteiger partial charge in [0.15, 0.2) is 0 Å². The van der Waals surface area contributed by atoms with E-state index in [1.807, 2.05) is 42.3 Å². The van der Waals surface area contributed by atoms with Crippen molar-refractivity contribution in [3.63, 3.8) is 0 Å². The van der Waals surface area contributed by atoms with Crippen LogP contribution in [0.3, 0.4) is 0 Å². The first-order chi connectivity index (χ1) is 11.5. The molecule has 0 saturated carbocycles. The van der Waals surface area contributed by atoms with Crippen LogP contribution in [0, 0.1) is 17.0 Å². The summed E-state index contributed by atoms with van der Waals surface area (Å²) in [4.78, 5) is 28.6. The molecule has 6 nitrogen and oxygen atoms in total. The normalized spacial score (nSPS) is 18.6. The maximum atomic E-state index is 13.0. The van der Waals surface area contributed by atoms with Gasteiger partial charge in [-0.1, -0.05) is 30.3 Å². The second-order valence-electron chi connectivity index (χ2n) is 6.00. The van der Waals surface area contributed by atoms with Crippen LogP contribution in [0.25, 0.3) is 0 Å². The van der Waals surface area contributed by atoms with Crippen molar-refractivity contribution in [2.75, 3.05) is 26.7 Å². The number of carbonyl (C=O) groups is 1. The van der Waals surface area contributed by atoms with Crippen LogP contribution in [0.4, 0.5) is 5.69 Å². The molecule has 24 heavy (non-hydrogen) atoms. The number of nitrogens with zero attached hydrogens (tertiary/aromatic N) is 3. The molecule has 2 heterocycles. The molecule has 0 radical (unpaired) electrons. The van der Waals surface area contributed by atoms with Gasteiger partial charge in [-0.3, -0.25) is 14.9 Å². The highest BCUT2D eigenvalue weighted by Gasteiger charge is 2.32. The first-order valence-corrected chi connectivity index (χ1v) is 8.58. The minimum Gasteiger partial charge on any atom is -0.328 e. The topological polar surface area (TPSA) is 66.7 Å². The molecule has 126 valence electrons. The van der Waals surface area contributed by atoms with Gasteiger partial charge >= 0.3 is 0 Å². The average Bonchev–Trinajstić information content (AvgIpc) is 2.97. The van der Waals surface area contributed by atoms with E-state index in [2.05, 4.69) is 4.90 Å². The summed E-state index contributed by atoms with van der Waals surface area (Å²) in [6, 6.07) is 11.3. The van der Waals surface area contributed by atoms with E-state index in [1.54, 1.807) is 6.92 Å². The SMILES string of the molecule is Cc1sc(C(=O)N2CCN(C)CC2c2ccccc2)cc1[N+](=O)[O-]. The van der Waals surface area contributed by atoms with Crippen LogP contribution in [0.1, 0.15) is 26.2 Å². The number of likely N-dealkylation sites (N-methyl/N-ethyl adjacent to an activating group) is 1. The highest BCUT2D eigenvalue weighted by molar-refractivity contribution is 7.14. The van der Waals surface area contributed by atoms with E-state index in [1.165, 1.54) is 17.4 Å². The van der Waals surface area contributed by atoms with Gasteiger partial charge in [0.2, 0.25) is 0 Å². The lowest BCUT2D eigenvalue weighted by Crippen LogP contribution is -2.49. The van der Waals surface area contributed by atoms with Gasteiger partial charge in [0, 0.05) is 25.7 Å². The lowest BCUT2D eigenvalue weighted by Gasteiger charge is -2.40. The van der Waals surface area contributed by atoms with Crippen molar-refractivity contribution in [3.05, 3.63) is 61.8 Å². The van der Waals surface area contributed by atoms with Gasteiger partial charge in [0.25, 0.3) is 11.6 Å². The summed E-state index contributed by atoms with van der Waals surface area (Å²) in [6.45, 7) is 3.83. The molecule has 1 aliphatic heterocycles. The second-order valence-corrected chi connectivity index (χ2v) is 7.25. The molecule has 1 fully saturated rings. The van der Waals surface area contributed by atoms with Crippen molar-refractivity contribution in [3.8, 4) is 0 Å². The Morgan fingerprint density at radius 3 is 2.62 bits per heavy atom. The van der Waals surface area contributed by atoms with Gasteiger partial charge < -0.3 is 9.80 Å². The van der Waals surface area contributed by atoms with E-state index in [-0.39, 0.29) is 17.6 Å². The first kappa shape index (κ1) is 16.6. The molecule has 1 aromatic carbocycles. The van der Waals surface area contributed by atoms with Crippen molar-refractivity contribution in [2.24, 2.45) is 0 Å². The highest BCUT2D eigenvalue weighted by atomic mass is 32.1. The molecule has 1 saturated heterocycles. The Bertz CT molecular complexity index is 760. The molecule has 1 aromatic heterocycles. The predicted molar refractivity (Wildman–Crippen MR) is 93.4 cm³/mol. The van der Waals surface area contributed by atoms with Gasteiger partial charge in [-0.15, -0.1) is 11.3 Å². The van der Waals surface area contributed by atoms with E-state index >= 15 is 0 Å². The monoisotopic (exact) mass is 345 g/mol. The van der Waals surface area contributed by atoms with E-state index in [9.17, 15) is 14.9 Å². The van der Waals surface area contributed by atoms with E-state index in [0.717, 1.165) is 18.7 Å². The predicted octanol–water partition coefficient (Wildman–Crippen LogP) is 3.09. The largest absolute Gasteiger partial charge is 0.328 e. The van der Waals surface area contributed by atoms with Gasteiger partial charge in [0.1, 0.15) is 0 Å². The standard InChI is InChI=1S/C17H19N3O3S/c1-12-14(20(22)23)10-16(24-12)17(21)19-9-8-18(2)11-15(19)13-6-4-3-5-7-13/h3-7,10,15H,8-9,11H2,1-2H3. The van der Waals surface area contributed by atoms with Crippen LogP contribution in [0.2, 0.25) is 0 Å². The summed E-state index contributed by atoms with van der Waals surface area (Å²) in [5.41, 5.74) is 1.11. The van der Waals surface area contributed by atoms with Gasteiger partial charge in [-0.2, -0.15) is 0 Å². The zero-order valence-electron chi connectivity index (χ0n) is 13.6. The quantitative estimate of drug-likeness (QED) is 0.633. The molecule has 0 bridgehead atoms. The molecule has 2 aromatic rings. The van der Waals surface area contributed by atoms with Gasteiger partial charge in [0.05, 0.1) is 20.7 Å². The smallest absolute Gasteiger partial charge is 0.283 e. The molecule has 7 heteroatoms.